The summed E-state index contributed by atoms with van der Waals surface area (Å²) in [5, 5.41) is 6.24. The third-order valence-electron chi connectivity index (χ3n) is 6.89. The van der Waals surface area contributed by atoms with Gasteiger partial charge in [0.05, 0.1) is 17.2 Å². The van der Waals surface area contributed by atoms with Crippen molar-refractivity contribution >= 4 is 36.0 Å². The van der Waals surface area contributed by atoms with E-state index in [1.807, 2.05) is 13.8 Å². The number of likely N-dealkylation sites (tertiary alicyclic amines) is 1. The molecule has 0 spiro atoms. The highest BCUT2D eigenvalue weighted by atomic mass is 35.5. The average Bonchev–Trinajstić information content (AvgIpc) is 3.44. The molecule has 3 unspecified atom stereocenters. The van der Waals surface area contributed by atoms with Gasteiger partial charge >= 0.3 is 0 Å². The largest absolute Gasteiger partial charge is 0.354 e. The molecule has 2 saturated heterocycles. The van der Waals surface area contributed by atoms with Crippen LogP contribution in [0.25, 0.3) is 0 Å². The van der Waals surface area contributed by atoms with Gasteiger partial charge < -0.3 is 15.5 Å². The van der Waals surface area contributed by atoms with E-state index in [4.69, 9.17) is 0 Å². The molecule has 4 rings (SSSR count). The van der Waals surface area contributed by atoms with Crippen molar-refractivity contribution in [3.05, 3.63) is 35.4 Å². The first-order valence-electron chi connectivity index (χ1n) is 12.1. The van der Waals surface area contributed by atoms with Gasteiger partial charge in [0.15, 0.2) is 0 Å². The lowest BCUT2D eigenvalue weighted by Gasteiger charge is -2.37. The monoisotopic (exact) mass is 490 g/mol. The van der Waals surface area contributed by atoms with Crippen molar-refractivity contribution in [3.8, 4) is 0 Å². The van der Waals surface area contributed by atoms with Crippen LogP contribution in [0, 0.1) is 11.8 Å². The minimum absolute atomic E-state index is 0. The summed E-state index contributed by atoms with van der Waals surface area (Å²) >= 11 is 0. The average molecular weight is 491 g/mol. The molecule has 186 valence electrons. The summed E-state index contributed by atoms with van der Waals surface area (Å²) in [5.41, 5.74) is 0.729. The zero-order valence-electron chi connectivity index (χ0n) is 19.9. The van der Waals surface area contributed by atoms with Crippen LogP contribution in [0.2, 0.25) is 0 Å². The number of nitrogens with one attached hydrogen (secondary N) is 2. The first-order valence-corrected chi connectivity index (χ1v) is 12.1. The van der Waals surface area contributed by atoms with Gasteiger partial charge in [0.2, 0.25) is 11.8 Å². The SMILES string of the molecule is CC(C)CC(C(=O)N1CCCC(CNC(=O)C2CCCN2)C1)N1C(=O)c2ccccc2C1=O.Cl. The zero-order chi connectivity index (χ0) is 23.5. The Hall–Kier alpha value is -2.45. The van der Waals surface area contributed by atoms with Gasteiger partial charge in [-0.3, -0.25) is 24.1 Å². The van der Waals surface area contributed by atoms with E-state index >= 15 is 0 Å². The minimum atomic E-state index is -0.812. The molecule has 3 atom stereocenters. The van der Waals surface area contributed by atoms with Crippen molar-refractivity contribution in [3.63, 3.8) is 0 Å². The maximum Gasteiger partial charge on any atom is 0.262 e. The van der Waals surface area contributed by atoms with Gasteiger partial charge in [0, 0.05) is 19.6 Å². The summed E-state index contributed by atoms with van der Waals surface area (Å²) in [5.74, 6) is -0.623. The molecule has 2 fully saturated rings. The second-order valence-electron chi connectivity index (χ2n) is 9.86. The number of imide groups is 1. The van der Waals surface area contributed by atoms with Gasteiger partial charge in [-0.25, -0.2) is 0 Å². The second kappa shape index (κ2) is 11.3. The second-order valence-corrected chi connectivity index (χ2v) is 9.86. The lowest BCUT2D eigenvalue weighted by atomic mass is 9.95. The first-order chi connectivity index (χ1) is 15.9. The van der Waals surface area contributed by atoms with E-state index in [1.54, 1.807) is 29.2 Å². The summed E-state index contributed by atoms with van der Waals surface area (Å²) < 4.78 is 0. The maximum atomic E-state index is 13.6. The van der Waals surface area contributed by atoms with Crippen molar-refractivity contribution < 1.29 is 19.2 Å². The summed E-state index contributed by atoms with van der Waals surface area (Å²) in [7, 11) is 0. The Labute approximate surface area is 207 Å². The summed E-state index contributed by atoms with van der Waals surface area (Å²) in [6.45, 7) is 6.51. The number of fused-ring (bicyclic) bond motifs is 1. The predicted molar refractivity (Wildman–Crippen MR) is 131 cm³/mol. The number of piperidine rings is 1. The Morgan fingerprint density at radius 2 is 1.76 bits per heavy atom. The quantitative estimate of drug-likeness (QED) is 0.571. The molecule has 0 aliphatic carbocycles. The standard InChI is InChI=1S/C25H34N4O4.ClH/c1-16(2)13-21(29-23(31)18-8-3-4-9-19(18)24(29)32)25(33)28-12-6-7-17(15-28)14-27-22(30)20-10-5-11-26-20;/h3-4,8-9,16-17,20-21,26H,5-7,10-15H2,1-2H3,(H,27,30);1H. The number of rotatable bonds is 7. The van der Waals surface area contributed by atoms with E-state index in [0.717, 1.165) is 32.2 Å². The summed E-state index contributed by atoms with van der Waals surface area (Å²) in [6, 6.07) is 5.83. The van der Waals surface area contributed by atoms with E-state index in [0.29, 0.717) is 37.2 Å². The Morgan fingerprint density at radius 1 is 1.09 bits per heavy atom. The molecule has 2 N–H and O–H groups in total. The van der Waals surface area contributed by atoms with Crippen LogP contribution in [0.15, 0.2) is 24.3 Å². The van der Waals surface area contributed by atoms with Crippen LogP contribution in [0.5, 0.6) is 0 Å². The Bertz CT molecular complexity index is 896. The number of hydrogen-bond acceptors (Lipinski definition) is 5. The fraction of sp³-hybridized carbons (Fsp3) is 0.600. The van der Waals surface area contributed by atoms with Crippen LogP contribution < -0.4 is 10.6 Å². The predicted octanol–water partition coefficient (Wildman–Crippen LogP) is 2.23. The van der Waals surface area contributed by atoms with Crippen LogP contribution in [-0.2, 0) is 9.59 Å². The van der Waals surface area contributed by atoms with E-state index in [9.17, 15) is 19.2 Å². The molecule has 9 heteroatoms. The molecule has 0 bridgehead atoms. The molecule has 1 aromatic carbocycles. The molecule has 34 heavy (non-hydrogen) atoms. The molecule has 3 aliphatic rings. The molecule has 8 nitrogen and oxygen atoms in total. The van der Waals surface area contributed by atoms with Gasteiger partial charge in [-0.2, -0.15) is 0 Å². The van der Waals surface area contributed by atoms with Gasteiger partial charge in [0.25, 0.3) is 11.8 Å². The lowest BCUT2D eigenvalue weighted by Crippen LogP contribution is -2.54. The molecule has 1 aromatic rings. The fourth-order valence-electron chi connectivity index (χ4n) is 5.17. The van der Waals surface area contributed by atoms with Crippen molar-refractivity contribution in [2.45, 2.75) is 58.0 Å². The lowest BCUT2D eigenvalue weighted by molar-refractivity contribution is -0.137. The van der Waals surface area contributed by atoms with Gasteiger partial charge in [-0.05, 0) is 62.6 Å². The number of benzene rings is 1. The fourth-order valence-corrected chi connectivity index (χ4v) is 5.17. The van der Waals surface area contributed by atoms with E-state index < -0.39 is 6.04 Å². The van der Waals surface area contributed by atoms with Gasteiger partial charge in [0.1, 0.15) is 6.04 Å². The zero-order valence-corrected chi connectivity index (χ0v) is 20.7. The Kier molecular flexibility index (Phi) is 8.71. The highest BCUT2D eigenvalue weighted by Crippen LogP contribution is 2.29. The van der Waals surface area contributed by atoms with Gasteiger partial charge in [-0.15, -0.1) is 12.4 Å². The van der Waals surface area contributed by atoms with Gasteiger partial charge in [-0.1, -0.05) is 26.0 Å². The molecule has 3 heterocycles. The summed E-state index contributed by atoms with van der Waals surface area (Å²) in [6.07, 6.45) is 4.07. The molecular formula is C25H35ClN4O4. The first kappa shape index (κ1) is 26.2. The maximum absolute atomic E-state index is 13.6. The highest BCUT2D eigenvalue weighted by Gasteiger charge is 2.44. The Morgan fingerprint density at radius 3 is 2.35 bits per heavy atom. The number of halogens is 1. The van der Waals surface area contributed by atoms with Crippen LogP contribution >= 0.6 is 12.4 Å². The van der Waals surface area contributed by atoms with Crippen LogP contribution in [0.1, 0.15) is 66.7 Å². The van der Waals surface area contributed by atoms with Crippen LogP contribution in [0.3, 0.4) is 0 Å². The van der Waals surface area contributed by atoms with E-state index in [2.05, 4.69) is 10.6 Å². The van der Waals surface area contributed by atoms with Crippen molar-refractivity contribution in [1.82, 2.24) is 20.4 Å². The number of nitrogens with zero attached hydrogens (tertiary/aromatic N) is 2. The molecule has 0 aromatic heterocycles. The van der Waals surface area contributed by atoms with Crippen molar-refractivity contribution in [2.24, 2.45) is 11.8 Å². The molecule has 0 radical (unpaired) electrons. The molecule has 4 amide bonds. The third kappa shape index (κ3) is 5.44. The van der Waals surface area contributed by atoms with Crippen LogP contribution in [-0.4, -0.2) is 71.7 Å². The number of carbonyl (C=O) groups excluding carboxylic acids is 4. The van der Waals surface area contributed by atoms with Crippen LogP contribution in [0.4, 0.5) is 0 Å². The van der Waals surface area contributed by atoms with Crippen molar-refractivity contribution in [2.75, 3.05) is 26.2 Å². The topological polar surface area (TPSA) is 98.8 Å². The normalized spacial score (nSPS) is 23.0. The third-order valence-corrected chi connectivity index (χ3v) is 6.89. The molecule has 3 aliphatic heterocycles. The highest BCUT2D eigenvalue weighted by molar-refractivity contribution is 6.22. The number of amides is 4. The molecular weight excluding hydrogens is 456 g/mol. The smallest absolute Gasteiger partial charge is 0.262 e. The molecule has 0 saturated carbocycles. The minimum Gasteiger partial charge on any atom is -0.354 e. The number of carbonyl (C=O) groups is 4. The van der Waals surface area contributed by atoms with Crippen molar-refractivity contribution in [1.29, 1.82) is 0 Å². The van der Waals surface area contributed by atoms with E-state index in [-0.39, 0.29) is 53.9 Å². The van der Waals surface area contributed by atoms with E-state index in [1.165, 1.54) is 4.90 Å². The Balaban J connectivity index is 0.00000324. The summed E-state index contributed by atoms with van der Waals surface area (Å²) in [4.78, 5) is 55.1. The number of hydrogen-bond donors (Lipinski definition) is 2.